The molecule has 0 aliphatic heterocycles. The zero-order valence-electron chi connectivity index (χ0n) is 10.3. The summed E-state index contributed by atoms with van der Waals surface area (Å²) in [5.74, 6) is -0.955. The third-order valence-corrected chi connectivity index (χ3v) is 2.56. The quantitative estimate of drug-likeness (QED) is 0.740. The van der Waals surface area contributed by atoms with Crippen molar-refractivity contribution >= 4 is 17.6 Å². The standard InChI is InChI=1S/C13H17ClO4/c1-2-18-12(13(15)16)6-7-17-9-10-4-3-5-11(14)8-10/h3-5,8,12H,2,6-7,9H2,1H3,(H,15,16). The zero-order chi connectivity index (χ0) is 13.4. The second kappa shape index (κ2) is 8.08. The molecule has 0 amide bonds. The maximum atomic E-state index is 10.8. The van der Waals surface area contributed by atoms with Crippen LogP contribution in [0.4, 0.5) is 0 Å². The lowest BCUT2D eigenvalue weighted by Crippen LogP contribution is -2.25. The van der Waals surface area contributed by atoms with Gasteiger partial charge in [-0.05, 0) is 24.6 Å². The maximum absolute atomic E-state index is 10.8. The number of carboxylic acid groups (broad SMARTS) is 1. The average molecular weight is 273 g/mol. The molecule has 1 aromatic carbocycles. The molecule has 0 saturated carbocycles. The van der Waals surface area contributed by atoms with Crippen molar-refractivity contribution in [1.29, 1.82) is 0 Å². The minimum atomic E-state index is -0.955. The van der Waals surface area contributed by atoms with Crippen molar-refractivity contribution in [2.45, 2.75) is 26.1 Å². The predicted octanol–water partition coefficient (Wildman–Crippen LogP) is 2.74. The smallest absolute Gasteiger partial charge is 0.332 e. The van der Waals surface area contributed by atoms with Gasteiger partial charge >= 0.3 is 5.97 Å². The topological polar surface area (TPSA) is 55.8 Å². The number of benzene rings is 1. The van der Waals surface area contributed by atoms with Crippen molar-refractivity contribution in [2.24, 2.45) is 0 Å². The van der Waals surface area contributed by atoms with Crippen LogP contribution in [0.2, 0.25) is 5.02 Å². The van der Waals surface area contributed by atoms with E-state index in [4.69, 9.17) is 26.2 Å². The molecular formula is C13H17ClO4. The van der Waals surface area contributed by atoms with Gasteiger partial charge in [-0.1, -0.05) is 23.7 Å². The van der Waals surface area contributed by atoms with Gasteiger partial charge in [0.15, 0.2) is 6.10 Å². The van der Waals surface area contributed by atoms with E-state index in [1.165, 1.54) is 0 Å². The van der Waals surface area contributed by atoms with E-state index in [0.29, 0.717) is 31.3 Å². The molecule has 4 nitrogen and oxygen atoms in total. The third-order valence-electron chi connectivity index (χ3n) is 2.33. The van der Waals surface area contributed by atoms with Crippen LogP contribution in [0.3, 0.4) is 0 Å². The van der Waals surface area contributed by atoms with E-state index in [9.17, 15) is 4.79 Å². The van der Waals surface area contributed by atoms with Gasteiger partial charge in [-0.15, -0.1) is 0 Å². The van der Waals surface area contributed by atoms with Crippen LogP contribution < -0.4 is 0 Å². The first-order chi connectivity index (χ1) is 8.63. The molecule has 0 aromatic heterocycles. The van der Waals surface area contributed by atoms with Gasteiger partial charge in [0.25, 0.3) is 0 Å². The molecule has 0 fully saturated rings. The third kappa shape index (κ3) is 5.49. The molecular weight excluding hydrogens is 256 g/mol. The van der Waals surface area contributed by atoms with E-state index in [1.54, 1.807) is 13.0 Å². The Morgan fingerprint density at radius 1 is 1.50 bits per heavy atom. The highest BCUT2D eigenvalue weighted by atomic mass is 35.5. The molecule has 0 bridgehead atoms. The molecule has 0 radical (unpaired) electrons. The fourth-order valence-electron chi connectivity index (χ4n) is 1.49. The SMILES string of the molecule is CCOC(CCOCc1cccc(Cl)c1)C(=O)O. The summed E-state index contributed by atoms with van der Waals surface area (Å²) in [6, 6.07) is 7.36. The van der Waals surface area contributed by atoms with Crippen LogP contribution in [0.15, 0.2) is 24.3 Å². The number of hydrogen-bond acceptors (Lipinski definition) is 3. The van der Waals surface area contributed by atoms with Gasteiger partial charge in [-0.25, -0.2) is 4.79 Å². The minimum absolute atomic E-state index is 0.337. The zero-order valence-corrected chi connectivity index (χ0v) is 11.0. The van der Waals surface area contributed by atoms with E-state index in [-0.39, 0.29) is 0 Å². The van der Waals surface area contributed by atoms with Crippen molar-refractivity contribution in [3.8, 4) is 0 Å². The van der Waals surface area contributed by atoms with Gasteiger partial charge in [0.2, 0.25) is 0 Å². The summed E-state index contributed by atoms with van der Waals surface area (Å²) >= 11 is 5.84. The van der Waals surface area contributed by atoms with Gasteiger partial charge in [-0.2, -0.15) is 0 Å². The number of aliphatic carboxylic acids is 1. The number of ether oxygens (including phenoxy) is 2. The van der Waals surface area contributed by atoms with Crippen molar-refractivity contribution in [1.82, 2.24) is 0 Å². The van der Waals surface area contributed by atoms with E-state index < -0.39 is 12.1 Å². The Bertz CT molecular complexity index is 381. The summed E-state index contributed by atoms with van der Waals surface area (Å²) in [6.45, 7) is 2.90. The highest BCUT2D eigenvalue weighted by molar-refractivity contribution is 6.30. The number of carboxylic acids is 1. The van der Waals surface area contributed by atoms with Crippen LogP contribution in [0.1, 0.15) is 18.9 Å². The molecule has 100 valence electrons. The lowest BCUT2D eigenvalue weighted by atomic mass is 10.2. The summed E-state index contributed by atoms with van der Waals surface area (Å²) < 4.78 is 10.5. The normalized spacial score (nSPS) is 12.3. The molecule has 1 aromatic rings. The molecule has 5 heteroatoms. The predicted molar refractivity (Wildman–Crippen MR) is 68.8 cm³/mol. The molecule has 18 heavy (non-hydrogen) atoms. The minimum Gasteiger partial charge on any atom is -0.479 e. The molecule has 1 atom stereocenters. The van der Waals surface area contributed by atoms with Crippen molar-refractivity contribution in [3.63, 3.8) is 0 Å². The number of halogens is 1. The number of hydrogen-bond donors (Lipinski definition) is 1. The van der Waals surface area contributed by atoms with Crippen molar-refractivity contribution in [2.75, 3.05) is 13.2 Å². The van der Waals surface area contributed by atoms with E-state index >= 15 is 0 Å². The van der Waals surface area contributed by atoms with Crippen LogP contribution in [0.5, 0.6) is 0 Å². The van der Waals surface area contributed by atoms with Crippen molar-refractivity contribution < 1.29 is 19.4 Å². The van der Waals surface area contributed by atoms with Crippen LogP contribution in [-0.4, -0.2) is 30.4 Å². The van der Waals surface area contributed by atoms with Gasteiger partial charge in [0.05, 0.1) is 13.2 Å². The summed E-state index contributed by atoms with van der Waals surface area (Å²) in [5.41, 5.74) is 0.964. The first-order valence-corrected chi connectivity index (χ1v) is 6.18. The Morgan fingerprint density at radius 2 is 2.28 bits per heavy atom. The van der Waals surface area contributed by atoms with Crippen molar-refractivity contribution in [3.05, 3.63) is 34.9 Å². The second-order valence-corrected chi connectivity index (χ2v) is 4.19. The maximum Gasteiger partial charge on any atom is 0.332 e. The number of carbonyl (C=O) groups is 1. The van der Waals surface area contributed by atoms with Gasteiger partial charge in [-0.3, -0.25) is 0 Å². The fourth-order valence-corrected chi connectivity index (χ4v) is 1.70. The monoisotopic (exact) mass is 272 g/mol. The fraction of sp³-hybridized carbons (Fsp3) is 0.462. The Morgan fingerprint density at radius 3 is 2.89 bits per heavy atom. The van der Waals surface area contributed by atoms with E-state index in [1.807, 2.05) is 18.2 Å². The van der Waals surface area contributed by atoms with E-state index in [2.05, 4.69) is 0 Å². The lowest BCUT2D eigenvalue weighted by molar-refractivity contribution is -0.151. The largest absolute Gasteiger partial charge is 0.479 e. The molecule has 1 unspecified atom stereocenters. The Balaban J connectivity index is 2.27. The van der Waals surface area contributed by atoms with Crippen LogP contribution >= 0.6 is 11.6 Å². The highest BCUT2D eigenvalue weighted by Gasteiger charge is 2.16. The first kappa shape index (κ1) is 15.0. The molecule has 0 aliphatic carbocycles. The second-order valence-electron chi connectivity index (χ2n) is 3.75. The molecule has 0 aliphatic rings. The Labute approximate surface area is 111 Å². The van der Waals surface area contributed by atoms with Gasteiger partial charge in [0, 0.05) is 18.1 Å². The molecule has 0 saturated heterocycles. The summed E-state index contributed by atoms with van der Waals surface area (Å²) in [6.07, 6.45) is -0.460. The first-order valence-electron chi connectivity index (χ1n) is 5.80. The summed E-state index contributed by atoms with van der Waals surface area (Å²) in [7, 11) is 0. The summed E-state index contributed by atoms with van der Waals surface area (Å²) in [4.78, 5) is 10.8. The molecule has 1 rings (SSSR count). The van der Waals surface area contributed by atoms with E-state index in [0.717, 1.165) is 5.56 Å². The Kier molecular flexibility index (Phi) is 6.72. The highest BCUT2D eigenvalue weighted by Crippen LogP contribution is 2.11. The van der Waals surface area contributed by atoms with Crippen LogP contribution in [0, 0.1) is 0 Å². The van der Waals surface area contributed by atoms with Crippen LogP contribution in [-0.2, 0) is 20.9 Å². The molecule has 0 heterocycles. The van der Waals surface area contributed by atoms with Crippen LogP contribution in [0.25, 0.3) is 0 Å². The number of rotatable bonds is 8. The molecule has 1 N–H and O–H groups in total. The van der Waals surface area contributed by atoms with Gasteiger partial charge < -0.3 is 14.6 Å². The van der Waals surface area contributed by atoms with Gasteiger partial charge in [0.1, 0.15) is 0 Å². The Hall–Kier alpha value is -1.10. The lowest BCUT2D eigenvalue weighted by Gasteiger charge is -2.12. The average Bonchev–Trinajstić information content (AvgIpc) is 2.33. The summed E-state index contributed by atoms with van der Waals surface area (Å²) in [5, 5.41) is 9.52. The molecule has 0 spiro atoms.